The minimum atomic E-state index is -3.40. The molecule has 0 saturated heterocycles. The van der Waals surface area contributed by atoms with E-state index in [0.29, 0.717) is 25.4 Å². The second-order valence-corrected chi connectivity index (χ2v) is 6.86. The van der Waals surface area contributed by atoms with Crippen molar-refractivity contribution in [2.24, 2.45) is 11.7 Å². The Labute approximate surface area is 120 Å². The summed E-state index contributed by atoms with van der Waals surface area (Å²) in [7, 11) is -3.40. The topological polar surface area (TPSA) is 81.4 Å². The highest BCUT2D eigenvalue weighted by Gasteiger charge is 2.22. The molecule has 3 N–H and O–H groups in total. The minimum absolute atomic E-state index is 0.277. The van der Waals surface area contributed by atoms with Gasteiger partial charge in [0, 0.05) is 6.54 Å². The van der Waals surface area contributed by atoms with Crippen molar-refractivity contribution in [3.05, 3.63) is 24.3 Å². The Morgan fingerprint density at radius 3 is 2.55 bits per heavy atom. The van der Waals surface area contributed by atoms with Crippen LogP contribution in [-0.2, 0) is 10.0 Å². The lowest BCUT2D eigenvalue weighted by molar-refractivity contribution is 0.313. The predicted molar refractivity (Wildman–Crippen MR) is 78.1 cm³/mol. The van der Waals surface area contributed by atoms with Crippen molar-refractivity contribution in [2.75, 3.05) is 19.7 Å². The van der Waals surface area contributed by atoms with Crippen molar-refractivity contribution < 1.29 is 13.2 Å². The summed E-state index contributed by atoms with van der Waals surface area (Å²) in [5.74, 6) is 1.38. The molecule has 1 aromatic carbocycles. The van der Waals surface area contributed by atoms with E-state index in [1.165, 1.54) is 12.8 Å². The van der Waals surface area contributed by atoms with E-state index < -0.39 is 10.0 Å². The molecule has 1 fully saturated rings. The molecule has 1 aliphatic rings. The molecule has 5 nitrogen and oxygen atoms in total. The highest BCUT2D eigenvalue weighted by Crippen LogP contribution is 2.31. The second kappa shape index (κ2) is 7.06. The van der Waals surface area contributed by atoms with Crippen LogP contribution in [0.5, 0.6) is 5.75 Å². The third-order valence-corrected chi connectivity index (χ3v) is 4.77. The van der Waals surface area contributed by atoms with Crippen LogP contribution in [0.4, 0.5) is 0 Å². The fourth-order valence-corrected chi connectivity index (χ4v) is 2.92. The lowest BCUT2D eigenvalue weighted by Crippen LogP contribution is -2.25. The summed E-state index contributed by atoms with van der Waals surface area (Å²) in [4.78, 5) is 0.277. The molecule has 0 heterocycles. The maximum absolute atomic E-state index is 12.0. The van der Waals surface area contributed by atoms with Crippen LogP contribution in [0.2, 0.25) is 0 Å². The van der Waals surface area contributed by atoms with Gasteiger partial charge >= 0.3 is 0 Å². The largest absolute Gasteiger partial charge is 0.494 e. The van der Waals surface area contributed by atoms with Gasteiger partial charge in [0.15, 0.2) is 0 Å². The molecule has 0 radical (unpaired) electrons. The molecule has 1 aromatic rings. The van der Waals surface area contributed by atoms with Gasteiger partial charge in [0.25, 0.3) is 0 Å². The minimum Gasteiger partial charge on any atom is -0.494 e. The van der Waals surface area contributed by atoms with E-state index in [-0.39, 0.29) is 4.90 Å². The monoisotopic (exact) mass is 298 g/mol. The quantitative estimate of drug-likeness (QED) is 0.677. The van der Waals surface area contributed by atoms with Crippen molar-refractivity contribution in [1.82, 2.24) is 4.72 Å². The molecular weight excluding hydrogens is 276 g/mol. The van der Waals surface area contributed by atoms with Gasteiger partial charge in [0.05, 0.1) is 11.5 Å². The number of nitrogens with two attached hydrogens (primary N) is 1. The summed E-state index contributed by atoms with van der Waals surface area (Å²) in [6.45, 7) is 1.64. The van der Waals surface area contributed by atoms with E-state index >= 15 is 0 Å². The predicted octanol–water partition coefficient (Wildman–Crippen LogP) is 1.49. The van der Waals surface area contributed by atoms with Crippen LogP contribution in [0.3, 0.4) is 0 Å². The Kier molecular flexibility index (Phi) is 5.39. The van der Waals surface area contributed by atoms with Gasteiger partial charge in [0.2, 0.25) is 10.0 Å². The highest BCUT2D eigenvalue weighted by atomic mass is 32.2. The van der Waals surface area contributed by atoms with Crippen LogP contribution < -0.4 is 15.2 Å². The zero-order valence-electron chi connectivity index (χ0n) is 11.5. The summed E-state index contributed by atoms with van der Waals surface area (Å²) in [6.07, 6.45) is 4.18. The molecule has 112 valence electrons. The third kappa shape index (κ3) is 4.77. The molecule has 0 spiro atoms. The number of ether oxygens (including phenoxy) is 1. The van der Waals surface area contributed by atoms with Crippen molar-refractivity contribution in [1.29, 1.82) is 0 Å². The standard InChI is InChI=1S/C14H22N2O3S/c15-9-1-11-19-13-4-6-14(7-5-13)20(17,18)16-10-8-12-2-3-12/h4-7,12,16H,1-3,8-11,15H2. The zero-order valence-corrected chi connectivity index (χ0v) is 12.4. The van der Waals surface area contributed by atoms with Gasteiger partial charge in [-0.05, 0) is 49.6 Å². The Balaban J connectivity index is 1.86. The molecule has 0 atom stereocenters. The van der Waals surface area contributed by atoms with Gasteiger partial charge in [-0.1, -0.05) is 12.8 Å². The molecule has 1 saturated carbocycles. The van der Waals surface area contributed by atoms with E-state index in [9.17, 15) is 8.42 Å². The molecule has 6 heteroatoms. The SMILES string of the molecule is NCCCOc1ccc(S(=O)(=O)NCCC2CC2)cc1. The first-order chi connectivity index (χ1) is 9.62. The summed E-state index contributed by atoms with van der Waals surface area (Å²) < 4.78 is 32.1. The highest BCUT2D eigenvalue weighted by molar-refractivity contribution is 7.89. The fourth-order valence-electron chi connectivity index (χ4n) is 1.88. The molecule has 0 bridgehead atoms. The Morgan fingerprint density at radius 2 is 1.95 bits per heavy atom. The Hall–Kier alpha value is -1.11. The van der Waals surface area contributed by atoms with Crippen molar-refractivity contribution in [3.8, 4) is 5.75 Å². The van der Waals surface area contributed by atoms with Gasteiger partial charge in [0.1, 0.15) is 5.75 Å². The first-order valence-electron chi connectivity index (χ1n) is 7.04. The third-order valence-electron chi connectivity index (χ3n) is 3.29. The number of sulfonamides is 1. The average molecular weight is 298 g/mol. The summed E-state index contributed by atoms with van der Waals surface area (Å²) in [6, 6.07) is 6.48. The first kappa shape index (κ1) is 15.3. The summed E-state index contributed by atoms with van der Waals surface area (Å²) in [5, 5.41) is 0. The van der Waals surface area contributed by atoms with Crippen LogP contribution >= 0.6 is 0 Å². The van der Waals surface area contributed by atoms with Crippen LogP contribution in [0.15, 0.2) is 29.2 Å². The molecule has 2 rings (SSSR count). The molecular formula is C14H22N2O3S. The normalized spacial score (nSPS) is 15.2. The van der Waals surface area contributed by atoms with Gasteiger partial charge in [-0.3, -0.25) is 0 Å². The van der Waals surface area contributed by atoms with Crippen molar-refractivity contribution in [3.63, 3.8) is 0 Å². The smallest absolute Gasteiger partial charge is 0.240 e. The molecule has 0 aliphatic heterocycles. The van der Waals surface area contributed by atoms with E-state index in [1.807, 2.05) is 0 Å². The van der Waals surface area contributed by atoms with Gasteiger partial charge in [-0.25, -0.2) is 13.1 Å². The first-order valence-corrected chi connectivity index (χ1v) is 8.53. The number of rotatable bonds is 9. The molecule has 1 aliphatic carbocycles. The van der Waals surface area contributed by atoms with E-state index in [4.69, 9.17) is 10.5 Å². The number of benzene rings is 1. The van der Waals surface area contributed by atoms with E-state index in [0.717, 1.165) is 18.8 Å². The van der Waals surface area contributed by atoms with E-state index in [1.54, 1.807) is 24.3 Å². The molecule has 0 aromatic heterocycles. The lowest BCUT2D eigenvalue weighted by atomic mass is 10.3. The van der Waals surface area contributed by atoms with Crippen molar-refractivity contribution in [2.45, 2.75) is 30.6 Å². The summed E-state index contributed by atoms with van der Waals surface area (Å²) >= 11 is 0. The zero-order chi connectivity index (χ0) is 14.4. The van der Waals surface area contributed by atoms with Crippen molar-refractivity contribution >= 4 is 10.0 Å². The number of hydrogen-bond donors (Lipinski definition) is 2. The molecule has 0 amide bonds. The average Bonchev–Trinajstić information content (AvgIpc) is 3.24. The molecule has 20 heavy (non-hydrogen) atoms. The van der Waals surface area contributed by atoms with Crippen LogP contribution in [0, 0.1) is 5.92 Å². The van der Waals surface area contributed by atoms with Crippen LogP contribution in [-0.4, -0.2) is 28.1 Å². The lowest BCUT2D eigenvalue weighted by Gasteiger charge is -2.08. The summed E-state index contributed by atoms with van der Waals surface area (Å²) in [5.41, 5.74) is 5.38. The Bertz CT molecular complexity index is 510. The van der Waals surface area contributed by atoms with Gasteiger partial charge in [-0.2, -0.15) is 0 Å². The van der Waals surface area contributed by atoms with Gasteiger partial charge in [-0.15, -0.1) is 0 Å². The number of hydrogen-bond acceptors (Lipinski definition) is 4. The maximum atomic E-state index is 12.0. The fraction of sp³-hybridized carbons (Fsp3) is 0.571. The van der Waals surface area contributed by atoms with Crippen LogP contribution in [0.25, 0.3) is 0 Å². The maximum Gasteiger partial charge on any atom is 0.240 e. The van der Waals surface area contributed by atoms with Crippen LogP contribution in [0.1, 0.15) is 25.7 Å². The number of nitrogens with one attached hydrogen (secondary N) is 1. The van der Waals surface area contributed by atoms with Gasteiger partial charge < -0.3 is 10.5 Å². The van der Waals surface area contributed by atoms with E-state index in [2.05, 4.69) is 4.72 Å². The molecule has 0 unspecified atom stereocenters. The second-order valence-electron chi connectivity index (χ2n) is 5.09. The Morgan fingerprint density at radius 1 is 1.25 bits per heavy atom.